The maximum atomic E-state index is 13.4. The standard InChI is InChI=1S/C23H29Cl2N3O4S/c1-16(2)13-26-23(30)17(3)27(14-18-10-11-19(24)12-21(18)25)22(29)15-28(33(4,31)32)20-8-6-5-7-9-20/h5-12,16-17H,13-15H2,1-4H3,(H,26,30). The fourth-order valence-corrected chi connectivity index (χ4v) is 4.39. The second-order valence-electron chi connectivity index (χ2n) is 8.18. The Morgan fingerprint density at radius 1 is 1.03 bits per heavy atom. The van der Waals surface area contributed by atoms with Gasteiger partial charge < -0.3 is 10.2 Å². The van der Waals surface area contributed by atoms with Crippen molar-refractivity contribution in [1.29, 1.82) is 0 Å². The van der Waals surface area contributed by atoms with Gasteiger partial charge in [-0.25, -0.2) is 8.42 Å². The SMILES string of the molecule is CC(C)CNC(=O)C(C)N(Cc1ccc(Cl)cc1Cl)C(=O)CN(c1ccccc1)S(C)(=O)=O. The van der Waals surface area contributed by atoms with E-state index in [1.54, 1.807) is 55.5 Å². The van der Waals surface area contributed by atoms with Crippen molar-refractivity contribution in [3.63, 3.8) is 0 Å². The van der Waals surface area contributed by atoms with E-state index in [0.29, 0.717) is 27.8 Å². The van der Waals surface area contributed by atoms with E-state index in [2.05, 4.69) is 5.32 Å². The van der Waals surface area contributed by atoms with Crippen molar-refractivity contribution in [3.05, 3.63) is 64.1 Å². The van der Waals surface area contributed by atoms with Crippen LogP contribution in [-0.4, -0.2) is 50.5 Å². The Bertz CT molecular complexity index is 1080. The molecule has 0 fully saturated rings. The first-order valence-electron chi connectivity index (χ1n) is 10.4. The number of hydrogen-bond donors (Lipinski definition) is 1. The molecule has 2 aromatic carbocycles. The molecule has 2 amide bonds. The highest BCUT2D eigenvalue weighted by molar-refractivity contribution is 7.92. The van der Waals surface area contributed by atoms with Gasteiger partial charge in [-0.05, 0) is 42.7 Å². The van der Waals surface area contributed by atoms with Gasteiger partial charge >= 0.3 is 0 Å². The summed E-state index contributed by atoms with van der Waals surface area (Å²) >= 11 is 12.3. The maximum absolute atomic E-state index is 13.4. The summed E-state index contributed by atoms with van der Waals surface area (Å²) in [7, 11) is -3.76. The van der Waals surface area contributed by atoms with Crippen LogP contribution in [0.4, 0.5) is 5.69 Å². The van der Waals surface area contributed by atoms with Crippen LogP contribution in [0, 0.1) is 5.92 Å². The highest BCUT2D eigenvalue weighted by atomic mass is 35.5. The van der Waals surface area contributed by atoms with Crippen molar-refractivity contribution in [1.82, 2.24) is 10.2 Å². The summed E-state index contributed by atoms with van der Waals surface area (Å²) in [5, 5.41) is 3.61. The molecule has 33 heavy (non-hydrogen) atoms. The number of carbonyl (C=O) groups excluding carboxylic acids is 2. The van der Waals surface area contributed by atoms with Gasteiger partial charge in [-0.2, -0.15) is 0 Å². The number of nitrogens with zero attached hydrogens (tertiary/aromatic N) is 2. The van der Waals surface area contributed by atoms with Crippen molar-refractivity contribution < 1.29 is 18.0 Å². The van der Waals surface area contributed by atoms with Crippen LogP contribution in [0.5, 0.6) is 0 Å². The molecule has 180 valence electrons. The Morgan fingerprint density at radius 3 is 2.21 bits per heavy atom. The van der Waals surface area contributed by atoms with Crippen molar-refractivity contribution in [2.45, 2.75) is 33.4 Å². The number of amides is 2. The second kappa shape index (κ2) is 11.7. The molecule has 0 aliphatic carbocycles. The van der Waals surface area contributed by atoms with Crippen LogP contribution < -0.4 is 9.62 Å². The molecule has 0 aromatic heterocycles. The smallest absolute Gasteiger partial charge is 0.244 e. The summed E-state index contributed by atoms with van der Waals surface area (Å²) in [6.45, 7) is 5.53. The lowest BCUT2D eigenvalue weighted by molar-refractivity contribution is -0.139. The molecule has 10 heteroatoms. The first-order valence-corrected chi connectivity index (χ1v) is 13.0. The summed E-state index contributed by atoms with van der Waals surface area (Å²) in [6.07, 6.45) is 1.03. The van der Waals surface area contributed by atoms with Gasteiger partial charge in [0, 0.05) is 23.1 Å². The largest absolute Gasteiger partial charge is 0.354 e. The van der Waals surface area contributed by atoms with Crippen molar-refractivity contribution in [2.75, 3.05) is 23.7 Å². The zero-order valence-corrected chi connectivity index (χ0v) is 21.4. The number of rotatable bonds is 10. The number of para-hydroxylation sites is 1. The van der Waals surface area contributed by atoms with Crippen LogP contribution >= 0.6 is 23.2 Å². The van der Waals surface area contributed by atoms with Crippen LogP contribution in [-0.2, 0) is 26.2 Å². The highest BCUT2D eigenvalue weighted by Gasteiger charge is 2.30. The van der Waals surface area contributed by atoms with Crippen molar-refractivity contribution in [2.24, 2.45) is 5.92 Å². The molecule has 0 saturated carbocycles. The Kier molecular flexibility index (Phi) is 9.57. The zero-order valence-electron chi connectivity index (χ0n) is 19.1. The fourth-order valence-electron chi connectivity index (χ4n) is 3.08. The van der Waals surface area contributed by atoms with Gasteiger partial charge in [0.1, 0.15) is 12.6 Å². The molecule has 0 aliphatic heterocycles. The van der Waals surface area contributed by atoms with E-state index in [1.807, 2.05) is 13.8 Å². The molecular weight excluding hydrogens is 485 g/mol. The summed E-state index contributed by atoms with van der Waals surface area (Å²) < 4.78 is 25.9. The lowest BCUT2D eigenvalue weighted by atomic mass is 10.1. The topological polar surface area (TPSA) is 86.8 Å². The molecule has 0 heterocycles. The molecule has 2 rings (SSSR count). The van der Waals surface area contributed by atoms with Gasteiger partial charge in [0.25, 0.3) is 0 Å². The third-order valence-electron chi connectivity index (χ3n) is 4.93. The molecule has 0 bridgehead atoms. The summed E-state index contributed by atoms with van der Waals surface area (Å²) in [5.74, 6) is -0.648. The maximum Gasteiger partial charge on any atom is 0.244 e. The second-order valence-corrected chi connectivity index (χ2v) is 10.9. The minimum absolute atomic E-state index is 0.0114. The average Bonchev–Trinajstić information content (AvgIpc) is 2.74. The number of anilines is 1. The Balaban J connectivity index is 2.37. The number of sulfonamides is 1. The minimum atomic E-state index is -3.76. The first kappa shape index (κ1) is 27.0. The molecule has 2 aromatic rings. The molecule has 1 unspecified atom stereocenters. The van der Waals surface area contributed by atoms with Gasteiger partial charge in [-0.3, -0.25) is 13.9 Å². The van der Waals surface area contributed by atoms with Gasteiger partial charge in [0.15, 0.2) is 0 Å². The van der Waals surface area contributed by atoms with Gasteiger partial charge in [-0.15, -0.1) is 0 Å². The van der Waals surface area contributed by atoms with E-state index in [0.717, 1.165) is 10.6 Å². The Morgan fingerprint density at radius 2 is 1.67 bits per heavy atom. The number of benzene rings is 2. The van der Waals surface area contributed by atoms with Crippen molar-refractivity contribution >= 4 is 50.7 Å². The third-order valence-corrected chi connectivity index (χ3v) is 6.66. The van der Waals surface area contributed by atoms with Crippen LogP contribution in [0.1, 0.15) is 26.3 Å². The monoisotopic (exact) mass is 513 g/mol. The van der Waals surface area contributed by atoms with E-state index >= 15 is 0 Å². The molecule has 1 N–H and O–H groups in total. The van der Waals surface area contributed by atoms with Crippen molar-refractivity contribution in [3.8, 4) is 0 Å². The first-order chi connectivity index (χ1) is 15.4. The highest BCUT2D eigenvalue weighted by Crippen LogP contribution is 2.24. The molecule has 0 spiro atoms. The number of nitrogens with one attached hydrogen (secondary N) is 1. The summed E-state index contributed by atoms with van der Waals surface area (Å²) in [4.78, 5) is 27.5. The van der Waals surface area contributed by atoms with Crippen LogP contribution in [0.25, 0.3) is 0 Å². The lowest BCUT2D eigenvalue weighted by Crippen LogP contribution is -2.51. The van der Waals surface area contributed by atoms with E-state index in [1.165, 1.54) is 4.90 Å². The van der Waals surface area contributed by atoms with Gasteiger partial charge in [-0.1, -0.05) is 61.3 Å². The van der Waals surface area contributed by atoms with E-state index in [-0.39, 0.29) is 18.4 Å². The fraction of sp³-hybridized carbons (Fsp3) is 0.391. The molecule has 1 atom stereocenters. The number of carbonyl (C=O) groups is 2. The molecule has 0 aliphatic rings. The van der Waals surface area contributed by atoms with Gasteiger partial charge in [0.2, 0.25) is 21.8 Å². The van der Waals surface area contributed by atoms with E-state index in [4.69, 9.17) is 23.2 Å². The molecular formula is C23H29Cl2N3O4S. The minimum Gasteiger partial charge on any atom is -0.354 e. The third kappa shape index (κ3) is 7.91. The number of halogens is 2. The lowest BCUT2D eigenvalue weighted by Gasteiger charge is -2.31. The Hall–Kier alpha value is -2.29. The molecule has 0 saturated heterocycles. The average molecular weight is 514 g/mol. The van der Waals surface area contributed by atoms with Crippen LogP contribution in [0.3, 0.4) is 0 Å². The van der Waals surface area contributed by atoms with Crippen LogP contribution in [0.15, 0.2) is 48.5 Å². The van der Waals surface area contributed by atoms with Gasteiger partial charge in [0.05, 0.1) is 11.9 Å². The van der Waals surface area contributed by atoms with E-state index in [9.17, 15) is 18.0 Å². The zero-order chi connectivity index (χ0) is 24.8. The molecule has 7 nitrogen and oxygen atoms in total. The molecule has 0 radical (unpaired) electrons. The summed E-state index contributed by atoms with van der Waals surface area (Å²) in [5.41, 5.74) is 0.943. The van der Waals surface area contributed by atoms with Crippen LogP contribution in [0.2, 0.25) is 10.0 Å². The quantitative estimate of drug-likeness (QED) is 0.520. The number of hydrogen-bond acceptors (Lipinski definition) is 4. The Labute approximate surface area is 205 Å². The van der Waals surface area contributed by atoms with E-state index < -0.39 is 28.5 Å². The predicted molar refractivity (Wildman–Crippen MR) is 133 cm³/mol. The normalized spacial score (nSPS) is 12.3. The predicted octanol–water partition coefficient (Wildman–Crippen LogP) is 3.95. The summed E-state index contributed by atoms with van der Waals surface area (Å²) in [6, 6.07) is 12.3.